The van der Waals surface area contributed by atoms with Gasteiger partial charge in [0.1, 0.15) is 5.75 Å². The largest absolute Gasteiger partial charge is 0.506 e. The molecular formula is C20H29AlOS2. The molecule has 130 valence electrons. The van der Waals surface area contributed by atoms with Gasteiger partial charge in [0.25, 0.3) is 14.1 Å². The van der Waals surface area contributed by atoms with Gasteiger partial charge in [-0.15, -0.1) is 23.5 Å². The fourth-order valence-electron chi connectivity index (χ4n) is 2.56. The van der Waals surface area contributed by atoms with E-state index in [9.17, 15) is 5.11 Å². The van der Waals surface area contributed by atoms with E-state index in [2.05, 4.69) is 32.9 Å². The first-order valence-electron chi connectivity index (χ1n) is 8.61. The Balaban J connectivity index is 0.000000351. The molecule has 0 heterocycles. The smallest absolute Gasteiger partial charge is 0.261 e. The quantitative estimate of drug-likeness (QED) is 0.431. The van der Waals surface area contributed by atoms with Crippen molar-refractivity contribution in [3.63, 3.8) is 0 Å². The van der Waals surface area contributed by atoms with Crippen LogP contribution in [0.3, 0.4) is 0 Å². The summed E-state index contributed by atoms with van der Waals surface area (Å²) in [6, 6.07) is 14.3. The zero-order chi connectivity index (χ0) is 17.9. The third kappa shape index (κ3) is 6.41. The molecule has 0 aliphatic heterocycles. The zero-order valence-electron chi connectivity index (χ0n) is 15.5. The van der Waals surface area contributed by atoms with Crippen molar-refractivity contribution in [2.75, 3.05) is 12.5 Å². The summed E-state index contributed by atoms with van der Waals surface area (Å²) in [6.45, 7) is 6.97. The maximum Gasteiger partial charge on any atom is 0.261 e. The van der Waals surface area contributed by atoms with Crippen LogP contribution >= 0.6 is 23.5 Å². The molecule has 0 unspecified atom stereocenters. The molecule has 2 rings (SSSR count). The van der Waals surface area contributed by atoms with Crippen LogP contribution in [-0.4, -0.2) is 31.8 Å². The van der Waals surface area contributed by atoms with Crippen LogP contribution in [0.15, 0.2) is 52.3 Å². The van der Waals surface area contributed by atoms with Crippen molar-refractivity contribution in [2.45, 2.75) is 46.4 Å². The maximum absolute atomic E-state index is 10.0. The predicted molar refractivity (Wildman–Crippen MR) is 114 cm³/mol. The lowest BCUT2D eigenvalue weighted by molar-refractivity contribution is 0.449. The van der Waals surface area contributed by atoms with Crippen LogP contribution in [0, 0.1) is 0 Å². The molecule has 2 aromatic rings. The molecular weight excluding hydrogens is 347 g/mol. The van der Waals surface area contributed by atoms with Crippen molar-refractivity contribution in [1.82, 2.24) is 0 Å². The third-order valence-corrected chi connectivity index (χ3v) is 9.29. The van der Waals surface area contributed by atoms with Crippen molar-refractivity contribution in [1.29, 1.82) is 0 Å². The zero-order valence-corrected chi connectivity index (χ0v) is 18.3. The molecule has 4 heteroatoms. The highest BCUT2D eigenvalue weighted by atomic mass is 32.2. The first-order chi connectivity index (χ1) is 11.6. The van der Waals surface area contributed by atoms with Crippen molar-refractivity contribution in [3.8, 4) is 16.9 Å². The van der Waals surface area contributed by atoms with Crippen LogP contribution < -0.4 is 0 Å². The third-order valence-electron chi connectivity index (χ3n) is 4.32. The van der Waals surface area contributed by atoms with Gasteiger partial charge in [-0.2, -0.15) is 0 Å². The SMILES string of the molecule is CSc1cc(-c2ccccc2)cc(SC)c1O.C[CH2][Al]([CH2]C)[CH2]C. The summed E-state index contributed by atoms with van der Waals surface area (Å²) in [7, 11) is 0. The molecule has 0 amide bonds. The standard InChI is InChI=1S/C14H14OS2.3C2H5.Al/c1-16-12-8-11(9-13(17-2)14(12)15)10-6-4-3-5-7-10;3*1-2;/h3-9,15H,1-2H3;3*1H2,2H3;. The second-order valence-corrected chi connectivity index (χ2v) is 11.6. The van der Waals surface area contributed by atoms with Gasteiger partial charge in [-0.25, -0.2) is 0 Å². The van der Waals surface area contributed by atoms with Crippen molar-refractivity contribution in [2.24, 2.45) is 0 Å². The van der Waals surface area contributed by atoms with Gasteiger partial charge in [0.15, 0.2) is 0 Å². The average Bonchev–Trinajstić information content (AvgIpc) is 2.64. The van der Waals surface area contributed by atoms with Crippen LogP contribution in [0.1, 0.15) is 20.8 Å². The highest BCUT2D eigenvalue weighted by Gasteiger charge is 2.09. The molecule has 0 aliphatic carbocycles. The van der Waals surface area contributed by atoms with Gasteiger partial charge >= 0.3 is 0 Å². The first-order valence-corrected chi connectivity index (χ1v) is 13.5. The predicted octanol–water partition coefficient (Wildman–Crippen LogP) is 7.04. The van der Waals surface area contributed by atoms with Gasteiger partial charge in [0, 0.05) is 0 Å². The maximum atomic E-state index is 10.0. The van der Waals surface area contributed by atoms with E-state index in [0.717, 1.165) is 15.4 Å². The summed E-state index contributed by atoms with van der Waals surface area (Å²) in [6.07, 6.45) is 3.96. The van der Waals surface area contributed by atoms with Crippen molar-refractivity contribution < 1.29 is 5.11 Å². The van der Waals surface area contributed by atoms with Gasteiger partial charge < -0.3 is 5.11 Å². The van der Waals surface area contributed by atoms with E-state index in [1.54, 1.807) is 23.5 Å². The minimum Gasteiger partial charge on any atom is -0.506 e. The Morgan fingerprint density at radius 3 is 1.58 bits per heavy atom. The Hall–Kier alpha value is -0.528. The molecule has 0 aromatic heterocycles. The molecule has 1 nitrogen and oxygen atoms in total. The normalized spacial score (nSPS) is 10.0. The molecule has 0 bridgehead atoms. The fourth-order valence-corrected chi connectivity index (χ4v) is 5.45. The number of phenols is 1. The summed E-state index contributed by atoms with van der Waals surface area (Å²) in [4.78, 5) is 1.85. The number of rotatable bonds is 6. The van der Waals surface area contributed by atoms with Gasteiger partial charge in [-0.3, -0.25) is 0 Å². The van der Waals surface area contributed by atoms with Gasteiger partial charge in [0.2, 0.25) is 0 Å². The van der Waals surface area contributed by atoms with E-state index in [-0.39, 0.29) is 14.1 Å². The Bertz CT molecular complexity index is 567. The highest BCUT2D eigenvalue weighted by molar-refractivity contribution is 7.99. The van der Waals surface area contributed by atoms with Crippen LogP contribution in [0.5, 0.6) is 5.75 Å². The number of thioether (sulfide) groups is 2. The van der Waals surface area contributed by atoms with E-state index in [1.165, 1.54) is 21.4 Å². The fraction of sp³-hybridized carbons (Fsp3) is 0.400. The minimum atomic E-state index is -0.171. The van der Waals surface area contributed by atoms with Gasteiger partial charge in [0.05, 0.1) is 9.79 Å². The second kappa shape index (κ2) is 11.9. The lowest BCUT2D eigenvalue weighted by Crippen LogP contribution is -2.04. The van der Waals surface area contributed by atoms with E-state index in [0.29, 0.717) is 5.75 Å². The van der Waals surface area contributed by atoms with Gasteiger partial charge in [-0.1, -0.05) is 67.0 Å². The number of aromatic hydroxyl groups is 1. The highest BCUT2D eigenvalue weighted by Crippen LogP contribution is 2.39. The number of hydrogen-bond donors (Lipinski definition) is 1. The van der Waals surface area contributed by atoms with E-state index < -0.39 is 0 Å². The molecule has 1 N–H and O–H groups in total. The van der Waals surface area contributed by atoms with Crippen LogP contribution in [0.4, 0.5) is 0 Å². The molecule has 0 aliphatic rings. The molecule has 0 saturated heterocycles. The molecule has 0 spiro atoms. The monoisotopic (exact) mass is 376 g/mol. The molecule has 0 radical (unpaired) electrons. The van der Waals surface area contributed by atoms with Crippen molar-refractivity contribution >= 4 is 37.7 Å². The van der Waals surface area contributed by atoms with E-state index in [4.69, 9.17) is 0 Å². The Kier molecular flexibility index (Phi) is 10.7. The Morgan fingerprint density at radius 2 is 1.25 bits per heavy atom. The van der Waals surface area contributed by atoms with E-state index in [1.807, 2.05) is 42.8 Å². The molecule has 0 fully saturated rings. The van der Waals surface area contributed by atoms with Crippen LogP contribution in [-0.2, 0) is 0 Å². The van der Waals surface area contributed by atoms with Crippen molar-refractivity contribution in [3.05, 3.63) is 42.5 Å². The lowest BCUT2D eigenvalue weighted by Gasteiger charge is -2.10. The topological polar surface area (TPSA) is 20.2 Å². The van der Waals surface area contributed by atoms with E-state index >= 15 is 0 Å². The lowest BCUT2D eigenvalue weighted by atomic mass is 10.1. The molecule has 0 saturated carbocycles. The number of benzene rings is 2. The second-order valence-electron chi connectivity index (χ2n) is 5.69. The minimum absolute atomic E-state index is 0.171. The van der Waals surface area contributed by atoms with Gasteiger partial charge in [-0.05, 0) is 35.8 Å². The Labute approximate surface area is 160 Å². The molecule has 24 heavy (non-hydrogen) atoms. The summed E-state index contributed by atoms with van der Waals surface area (Å²) >= 11 is 2.97. The first kappa shape index (κ1) is 21.5. The summed E-state index contributed by atoms with van der Waals surface area (Å²) in [5.41, 5.74) is 2.33. The molecule has 2 aromatic carbocycles. The Morgan fingerprint density at radius 1 is 0.792 bits per heavy atom. The van der Waals surface area contributed by atoms with Crippen LogP contribution in [0.25, 0.3) is 11.1 Å². The summed E-state index contributed by atoms with van der Waals surface area (Å²) in [5, 5.41) is 14.5. The number of hydrogen-bond acceptors (Lipinski definition) is 3. The summed E-state index contributed by atoms with van der Waals surface area (Å²) < 4.78 is 0. The summed E-state index contributed by atoms with van der Waals surface area (Å²) in [5.74, 6) is 0.393. The average molecular weight is 377 g/mol. The van der Waals surface area contributed by atoms with Crippen LogP contribution in [0.2, 0.25) is 15.8 Å². The number of phenolic OH excluding ortho intramolecular Hbond substituents is 1. The molecule has 0 atom stereocenters.